The molecule has 0 aromatic heterocycles. The molecular weight excluding hydrogens is 458 g/mol. The summed E-state index contributed by atoms with van der Waals surface area (Å²) in [6, 6.07) is 8.36. The minimum Gasteiger partial charge on any atom is -0.497 e. The van der Waals surface area contributed by atoms with E-state index in [0.29, 0.717) is 32.8 Å². The fourth-order valence-corrected chi connectivity index (χ4v) is 3.23. The van der Waals surface area contributed by atoms with Crippen LogP contribution < -0.4 is 18.9 Å². The lowest BCUT2D eigenvalue weighted by Gasteiger charge is -2.11. The van der Waals surface area contributed by atoms with Crippen molar-refractivity contribution < 1.29 is 33.3 Å². The summed E-state index contributed by atoms with van der Waals surface area (Å²) < 4.78 is 26.7. The molecule has 0 amide bonds. The van der Waals surface area contributed by atoms with Crippen LogP contribution >= 0.6 is 15.9 Å². The van der Waals surface area contributed by atoms with Crippen LogP contribution in [0.2, 0.25) is 0 Å². The molecule has 0 saturated heterocycles. The van der Waals surface area contributed by atoms with E-state index in [2.05, 4.69) is 20.9 Å². The standard InChI is InChI=1S/C21H18BrNO7/c1-11(24)29-19-16(22)5-12(7-18(19)28-4)6-17-21(25)30-20(23-17)13-8-14(26-2)10-15(9-13)27-3/h5-10H,1-4H3/b17-6-. The Bertz CT molecular complexity index is 1050. The Labute approximate surface area is 181 Å². The Morgan fingerprint density at radius 2 is 1.70 bits per heavy atom. The number of benzene rings is 2. The first-order valence-electron chi connectivity index (χ1n) is 8.66. The molecule has 0 radical (unpaired) electrons. The molecule has 0 atom stereocenters. The maximum atomic E-state index is 12.3. The monoisotopic (exact) mass is 475 g/mol. The summed E-state index contributed by atoms with van der Waals surface area (Å²) in [6.07, 6.45) is 1.54. The Hall–Kier alpha value is -3.33. The van der Waals surface area contributed by atoms with Crippen molar-refractivity contribution in [1.82, 2.24) is 0 Å². The van der Waals surface area contributed by atoms with Crippen LogP contribution in [-0.2, 0) is 14.3 Å². The van der Waals surface area contributed by atoms with Crippen LogP contribution in [-0.4, -0.2) is 39.2 Å². The Morgan fingerprint density at radius 1 is 1.03 bits per heavy atom. The van der Waals surface area contributed by atoms with E-state index >= 15 is 0 Å². The summed E-state index contributed by atoms with van der Waals surface area (Å²) in [6.45, 7) is 1.29. The highest BCUT2D eigenvalue weighted by molar-refractivity contribution is 9.10. The van der Waals surface area contributed by atoms with E-state index in [1.165, 1.54) is 34.3 Å². The van der Waals surface area contributed by atoms with Crippen molar-refractivity contribution >= 4 is 39.8 Å². The summed E-state index contributed by atoms with van der Waals surface area (Å²) in [4.78, 5) is 27.9. The van der Waals surface area contributed by atoms with E-state index < -0.39 is 11.9 Å². The van der Waals surface area contributed by atoms with E-state index in [1.807, 2.05) is 0 Å². The lowest BCUT2D eigenvalue weighted by molar-refractivity contribution is -0.132. The highest BCUT2D eigenvalue weighted by Crippen LogP contribution is 2.37. The number of aliphatic imine (C=N–C) groups is 1. The summed E-state index contributed by atoms with van der Waals surface area (Å²) >= 11 is 3.35. The van der Waals surface area contributed by atoms with Gasteiger partial charge in [-0.25, -0.2) is 9.79 Å². The quantitative estimate of drug-likeness (QED) is 0.356. The van der Waals surface area contributed by atoms with E-state index in [0.717, 1.165) is 0 Å². The van der Waals surface area contributed by atoms with Gasteiger partial charge >= 0.3 is 11.9 Å². The van der Waals surface area contributed by atoms with Crippen LogP contribution in [0.4, 0.5) is 0 Å². The van der Waals surface area contributed by atoms with E-state index in [-0.39, 0.29) is 17.3 Å². The van der Waals surface area contributed by atoms with Crippen LogP contribution in [0.1, 0.15) is 18.1 Å². The molecule has 1 heterocycles. The summed E-state index contributed by atoms with van der Waals surface area (Å²) in [5.41, 5.74) is 1.22. The topological polar surface area (TPSA) is 92.6 Å². The van der Waals surface area contributed by atoms with Crippen LogP contribution in [0.3, 0.4) is 0 Å². The number of rotatable bonds is 6. The van der Waals surface area contributed by atoms with E-state index in [9.17, 15) is 9.59 Å². The van der Waals surface area contributed by atoms with E-state index in [4.69, 9.17) is 23.7 Å². The van der Waals surface area contributed by atoms with Crippen molar-refractivity contribution in [2.45, 2.75) is 6.92 Å². The number of carbonyl (C=O) groups is 2. The molecule has 9 heteroatoms. The van der Waals surface area contributed by atoms with Crippen LogP contribution in [0.25, 0.3) is 6.08 Å². The van der Waals surface area contributed by atoms with Crippen molar-refractivity contribution in [3.63, 3.8) is 0 Å². The molecular formula is C21H18BrNO7. The number of hydrogen-bond donors (Lipinski definition) is 0. The SMILES string of the molecule is COc1cc(OC)cc(C2=N/C(=C\c3cc(Br)c(OC(C)=O)c(OC)c3)C(=O)O2)c1. The third kappa shape index (κ3) is 4.62. The lowest BCUT2D eigenvalue weighted by atomic mass is 10.1. The number of methoxy groups -OCH3 is 3. The molecule has 0 unspecified atom stereocenters. The fourth-order valence-electron chi connectivity index (χ4n) is 2.69. The van der Waals surface area contributed by atoms with Gasteiger partial charge in [0.1, 0.15) is 11.5 Å². The Kier molecular flexibility index (Phi) is 6.41. The predicted molar refractivity (Wildman–Crippen MR) is 112 cm³/mol. The third-order valence-corrected chi connectivity index (χ3v) is 4.61. The number of carbonyl (C=O) groups excluding carboxylic acids is 2. The number of halogens is 1. The smallest absolute Gasteiger partial charge is 0.363 e. The molecule has 3 rings (SSSR count). The number of esters is 2. The molecule has 0 saturated carbocycles. The third-order valence-electron chi connectivity index (χ3n) is 4.02. The molecule has 0 bridgehead atoms. The van der Waals surface area contributed by atoms with E-state index in [1.54, 1.807) is 30.3 Å². The molecule has 0 aliphatic carbocycles. The van der Waals surface area contributed by atoms with Crippen molar-refractivity contribution in [3.8, 4) is 23.0 Å². The van der Waals surface area contributed by atoms with Crippen LogP contribution in [0.15, 0.2) is 45.5 Å². The van der Waals surface area contributed by atoms with Gasteiger partial charge in [-0.1, -0.05) is 0 Å². The van der Waals surface area contributed by atoms with Gasteiger partial charge < -0.3 is 23.7 Å². The van der Waals surface area contributed by atoms with Gasteiger partial charge in [-0.05, 0) is 51.8 Å². The van der Waals surface area contributed by atoms with Gasteiger partial charge in [0.05, 0.1) is 25.8 Å². The molecule has 8 nitrogen and oxygen atoms in total. The summed E-state index contributed by atoms with van der Waals surface area (Å²) in [7, 11) is 4.50. The van der Waals surface area contributed by atoms with Gasteiger partial charge in [-0.3, -0.25) is 4.79 Å². The van der Waals surface area contributed by atoms with Crippen LogP contribution in [0.5, 0.6) is 23.0 Å². The predicted octanol–water partition coefficient (Wildman–Crippen LogP) is 3.74. The van der Waals surface area contributed by atoms with Gasteiger partial charge in [-0.15, -0.1) is 0 Å². The fraction of sp³-hybridized carbons (Fsp3) is 0.190. The number of ether oxygens (including phenoxy) is 5. The Morgan fingerprint density at radius 3 is 2.27 bits per heavy atom. The summed E-state index contributed by atoms with van der Waals surface area (Å²) in [5, 5.41) is 0. The first kappa shape index (κ1) is 21.4. The molecule has 1 aliphatic rings. The van der Waals surface area contributed by atoms with Gasteiger partial charge in [0.25, 0.3) is 0 Å². The van der Waals surface area contributed by atoms with Crippen molar-refractivity contribution in [1.29, 1.82) is 0 Å². The highest BCUT2D eigenvalue weighted by atomic mass is 79.9. The first-order valence-corrected chi connectivity index (χ1v) is 9.46. The molecule has 2 aromatic rings. The average Bonchev–Trinajstić information content (AvgIpc) is 3.09. The summed E-state index contributed by atoms with van der Waals surface area (Å²) in [5.74, 6) is 0.679. The second-order valence-corrected chi connectivity index (χ2v) is 6.92. The molecule has 30 heavy (non-hydrogen) atoms. The second-order valence-electron chi connectivity index (χ2n) is 6.07. The lowest BCUT2D eigenvalue weighted by Crippen LogP contribution is -2.06. The molecule has 0 N–H and O–H groups in total. The number of hydrogen-bond acceptors (Lipinski definition) is 8. The van der Waals surface area contributed by atoms with Gasteiger partial charge in [-0.2, -0.15) is 0 Å². The normalized spacial score (nSPS) is 14.2. The zero-order valence-corrected chi connectivity index (χ0v) is 18.2. The second kappa shape index (κ2) is 9.00. The molecule has 156 valence electrons. The Balaban J connectivity index is 1.99. The highest BCUT2D eigenvalue weighted by Gasteiger charge is 2.25. The van der Waals surface area contributed by atoms with Crippen molar-refractivity contribution in [2.75, 3.05) is 21.3 Å². The zero-order valence-electron chi connectivity index (χ0n) is 16.6. The molecule has 1 aliphatic heterocycles. The number of nitrogens with zero attached hydrogens (tertiary/aromatic N) is 1. The molecule has 0 spiro atoms. The maximum absolute atomic E-state index is 12.3. The maximum Gasteiger partial charge on any atom is 0.363 e. The molecule has 0 fully saturated rings. The minimum atomic E-state index is -0.606. The average molecular weight is 476 g/mol. The largest absolute Gasteiger partial charge is 0.497 e. The molecule has 2 aromatic carbocycles. The number of cyclic esters (lactones) is 1. The van der Waals surface area contributed by atoms with Crippen LogP contribution in [0, 0.1) is 0 Å². The van der Waals surface area contributed by atoms with Crippen molar-refractivity contribution in [2.24, 2.45) is 4.99 Å². The van der Waals surface area contributed by atoms with Crippen molar-refractivity contribution in [3.05, 3.63) is 51.6 Å². The van der Waals surface area contributed by atoms with Gasteiger partial charge in [0.2, 0.25) is 5.90 Å². The minimum absolute atomic E-state index is 0.0981. The zero-order chi connectivity index (χ0) is 21.8. The van der Waals surface area contributed by atoms with Gasteiger partial charge in [0, 0.05) is 18.6 Å². The first-order chi connectivity index (χ1) is 14.3. The van der Waals surface area contributed by atoms with Gasteiger partial charge in [0.15, 0.2) is 17.2 Å².